The van der Waals surface area contributed by atoms with Crippen LogP contribution in [0, 0.1) is 0 Å². The molecule has 5 rings (SSSR count). The molecule has 1 amide bonds. The van der Waals surface area contributed by atoms with Crippen molar-refractivity contribution < 1.29 is 9.32 Å². The van der Waals surface area contributed by atoms with Crippen molar-refractivity contribution in [1.29, 1.82) is 0 Å². The number of thioether (sulfide) groups is 1. The van der Waals surface area contributed by atoms with Gasteiger partial charge in [-0.2, -0.15) is 4.98 Å². The Morgan fingerprint density at radius 3 is 3.07 bits per heavy atom. The number of carbonyl (C=O) groups is 1. The molecule has 0 spiro atoms. The van der Waals surface area contributed by atoms with E-state index in [9.17, 15) is 9.59 Å². The lowest BCUT2D eigenvalue weighted by atomic mass is 10.2. The normalized spacial score (nSPS) is 15.9. The third-order valence-electron chi connectivity index (χ3n) is 4.96. The standard InChI is InChI=1S/C18H19N5O3S2/c24-13(19-6-14-22-16(23-26-14)9-4-5-9)8-27-7-12-20-17(25)15-10-2-1-3-11(10)28-18(15)21-12/h9H,1-8H2,(H,19,24)(H,20,21,25). The fraction of sp³-hybridized carbons (Fsp3) is 0.500. The number of aromatic amines is 1. The van der Waals surface area contributed by atoms with E-state index in [4.69, 9.17) is 4.52 Å². The van der Waals surface area contributed by atoms with E-state index >= 15 is 0 Å². The second kappa shape index (κ2) is 7.32. The number of amides is 1. The second-order valence-corrected chi connectivity index (χ2v) is 9.21. The SMILES string of the molecule is O=C(CSCc1nc2sc3c(c2c(=O)[nH]1)CCC3)NCc1nc(C2CC2)no1. The molecule has 0 unspecified atom stereocenters. The van der Waals surface area contributed by atoms with Gasteiger partial charge in [0.1, 0.15) is 10.7 Å². The number of nitrogens with zero attached hydrogens (tertiary/aromatic N) is 3. The lowest BCUT2D eigenvalue weighted by Crippen LogP contribution is -2.25. The average Bonchev–Trinajstić information content (AvgIpc) is 3.09. The van der Waals surface area contributed by atoms with Gasteiger partial charge in [0.25, 0.3) is 5.56 Å². The Morgan fingerprint density at radius 2 is 2.21 bits per heavy atom. The summed E-state index contributed by atoms with van der Waals surface area (Å²) in [5.41, 5.74) is 1.12. The number of rotatable bonds is 7. The fourth-order valence-electron chi connectivity index (χ4n) is 3.43. The third kappa shape index (κ3) is 3.58. The maximum absolute atomic E-state index is 12.4. The zero-order valence-electron chi connectivity index (χ0n) is 15.1. The van der Waals surface area contributed by atoms with Crippen LogP contribution in [0.25, 0.3) is 10.2 Å². The molecule has 2 aliphatic rings. The van der Waals surface area contributed by atoms with E-state index in [1.54, 1.807) is 11.3 Å². The molecule has 0 radical (unpaired) electrons. The van der Waals surface area contributed by atoms with E-state index in [2.05, 4.69) is 25.4 Å². The van der Waals surface area contributed by atoms with Gasteiger partial charge in [0.2, 0.25) is 11.8 Å². The summed E-state index contributed by atoms with van der Waals surface area (Å²) in [6.45, 7) is 0.237. The highest BCUT2D eigenvalue weighted by Crippen LogP contribution is 2.38. The lowest BCUT2D eigenvalue weighted by molar-refractivity contribution is -0.118. The molecule has 8 nitrogen and oxygen atoms in total. The van der Waals surface area contributed by atoms with Crippen molar-refractivity contribution in [2.75, 3.05) is 5.75 Å². The van der Waals surface area contributed by atoms with Gasteiger partial charge in [0, 0.05) is 10.8 Å². The van der Waals surface area contributed by atoms with Crippen LogP contribution in [0.5, 0.6) is 0 Å². The third-order valence-corrected chi connectivity index (χ3v) is 7.09. The van der Waals surface area contributed by atoms with Crippen LogP contribution in [0.3, 0.4) is 0 Å². The average molecular weight is 418 g/mol. The van der Waals surface area contributed by atoms with Crippen molar-refractivity contribution in [2.24, 2.45) is 0 Å². The summed E-state index contributed by atoms with van der Waals surface area (Å²) in [7, 11) is 0. The first kappa shape index (κ1) is 17.9. The largest absolute Gasteiger partial charge is 0.346 e. The predicted octanol–water partition coefficient (Wildman–Crippen LogP) is 2.28. The number of hydrogen-bond acceptors (Lipinski definition) is 8. The number of fused-ring (bicyclic) bond motifs is 3. The number of H-pyrrole nitrogens is 1. The summed E-state index contributed by atoms with van der Waals surface area (Å²) < 4.78 is 5.14. The molecule has 0 aliphatic heterocycles. The summed E-state index contributed by atoms with van der Waals surface area (Å²) in [5, 5.41) is 7.46. The quantitative estimate of drug-likeness (QED) is 0.606. The van der Waals surface area contributed by atoms with Crippen LogP contribution >= 0.6 is 23.1 Å². The van der Waals surface area contributed by atoms with Crippen molar-refractivity contribution in [1.82, 2.24) is 25.4 Å². The van der Waals surface area contributed by atoms with Gasteiger partial charge < -0.3 is 14.8 Å². The molecule has 10 heteroatoms. The van der Waals surface area contributed by atoms with Crippen molar-refractivity contribution in [2.45, 2.75) is 50.3 Å². The smallest absolute Gasteiger partial charge is 0.259 e. The van der Waals surface area contributed by atoms with Crippen LogP contribution in [0.4, 0.5) is 0 Å². The Labute approximate surface area is 168 Å². The summed E-state index contributed by atoms with van der Waals surface area (Å²) in [6.07, 6.45) is 5.35. The van der Waals surface area contributed by atoms with Gasteiger partial charge in [0.05, 0.1) is 23.4 Å². The highest BCUT2D eigenvalue weighted by Gasteiger charge is 2.28. The molecule has 146 valence electrons. The summed E-state index contributed by atoms with van der Waals surface area (Å²) >= 11 is 3.04. The number of hydrogen-bond donors (Lipinski definition) is 2. The first-order valence-electron chi connectivity index (χ1n) is 9.38. The van der Waals surface area contributed by atoms with Gasteiger partial charge in [-0.05, 0) is 37.7 Å². The monoisotopic (exact) mass is 417 g/mol. The van der Waals surface area contributed by atoms with E-state index in [0.717, 1.165) is 48.1 Å². The summed E-state index contributed by atoms with van der Waals surface area (Å²) in [6, 6.07) is 0. The zero-order chi connectivity index (χ0) is 19.1. The number of thiophene rings is 1. The minimum Gasteiger partial charge on any atom is -0.346 e. The lowest BCUT2D eigenvalue weighted by Gasteiger charge is -2.03. The van der Waals surface area contributed by atoms with Gasteiger partial charge in [0.15, 0.2) is 5.82 Å². The predicted molar refractivity (Wildman–Crippen MR) is 107 cm³/mol. The fourth-order valence-corrected chi connectivity index (χ4v) is 5.43. The first-order chi connectivity index (χ1) is 13.7. The van der Waals surface area contributed by atoms with E-state index in [1.165, 1.54) is 22.2 Å². The van der Waals surface area contributed by atoms with E-state index < -0.39 is 0 Å². The molecule has 0 atom stereocenters. The van der Waals surface area contributed by atoms with Crippen LogP contribution in [-0.4, -0.2) is 31.8 Å². The van der Waals surface area contributed by atoms with E-state index in [-0.39, 0.29) is 23.8 Å². The number of carbonyl (C=O) groups excluding carboxylic acids is 1. The molecule has 0 saturated heterocycles. The van der Waals surface area contributed by atoms with Crippen molar-refractivity contribution in [3.8, 4) is 0 Å². The van der Waals surface area contributed by atoms with Crippen LogP contribution in [0.2, 0.25) is 0 Å². The molecule has 3 aromatic heterocycles. The van der Waals surface area contributed by atoms with Crippen molar-refractivity contribution >= 4 is 39.2 Å². The summed E-state index contributed by atoms with van der Waals surface area (Å²) in [4.78, 5) is 38.3. The van der Waals surface area contributed by atoms with Crippen LogP contribution in [0.15, 0.2) is 9.32 Å². The molecule has 1 fully saturated rings. The molecule has 0 aromatic carbocycles. The summed E-state index contributed by atoms with van der Waals surface area (Å²) in [5.74, 6) is 2.85. The molecule has 1 saturated carbocycles. The van der Waals surface area contributed by atoms with Gasteiger partial charge in [-0.3, -0.25) is 9.59 Å². The Balaban J connectivity index is 1.14. The van der Waals surface area contributed by atoms with Crippen molar-refractivity contribution in [3.63, 3.8) is 0 Å². The van der Waals surface area contributed by atoms with Gasteiger partial charge in [-0.1, -0.05) is 5.16 Å². The van der Waals surface area contributed by atoms with Gasteiger partial charge in [-0.15, -0.1) is 23.1 Å². The highest BCUT2D eigenvalue weighted by atomic mass is 32.2. The molecular weight excluding hydrogens is 398 g/mol. The second-order valence-electron chi connectivity index (χ2n) is 7.14. The minimum atomic E-state index is -0.116. The Morgan fingerprint density at radius 1 is 1.32 bits per heavy atom. The maximum atomic E-state index is 12.4. The number of aryl methyl sites for hydroxylation is 2. The van der Waals surface area contributed by atoms with Crippen LogP contribution in [0.1, 0.15) is 53.2 Å². The molecule has 2 aliphatic carbocycles. The topological polar surface area (TPSA) is 114 Å². The zero-order valence-corrected chi connectivity index (χ0v) is 16.8. The maximum Gasteiger partial charge on any atom is 0.259 e. The first-order valence-corrected chi connectivity index (χ1v) is 11.3. The van der Waals surface area contributed by atoms with Crippen LogP contribution in [-0.2, 0) is 29.9 Å². The van der Waals surface area contributed by atoms with Gasteiger partial charge in [-0.25, -0.2) is 4.98 Å². The van der Waals surface area contributed by atoms with Crippen molar-refractivity contribution in [3.05, 3.63) is 38.3 Å². The molecule has 0 bridgehead atoms. The molecular formula is C18H19N5O3S2. The Kier molecular flexibility index (Phi) is 4.67. The minimum absolute atomic E-state index is 0.0627. The molecule has 3 heterocycles. The number of aromatic nitrogens is 4. The molecule has 2 N–H and O–H groups in total. The van der Waals surface area contributed by atoms with E-state index in [1.807, 2.05) is 0 Å². The molecule has 28 heavy (non-hydrogen) atoms. The van der Waals surface area contributed by atoms with Gasteiger partial charge >= 0.3 is 0 Å². The Bertz CT molecular complexity index is 1100. The molecule has 3 aromatic rings. The van der Waals surface area contributed by atoms with Crippen LogP contribution < -0.4 is 10.9 Å². The van der Waals surface area contributed by atoms with E-state index in [0.29, 0.717) is 23.4 Å². The number of nitrogens with one attached hydrogen (secondary N) is 2. The highest BCUT2D eigenvalue weighted by molar-refractivity contribution is 7.99. The Hall–Kier alpha value is -2.20.